The molecule has 3 nitrogen and oxygen atoms in total. The Balaban J connectivity index is 2.00. The normalized spacial score (nSPS) is 12.0. The predicted molar refractivity (Wildman–Crippen MR) is 103 cm³/mol. The Bertz CT molecular complexity index is 1440. The number of aromatic nitrogens is 3. The first-order chi connectivity index (χ1) is 12.4. The van der Waals surface area contributed by atoms with Crippen LogP contribution in [0.5, 0.6) is 0 Å². The number of rotatable bonds is 0. The predicted octanol–water partition coefficient (Wildman–Crippen LogP) is 5.34. The maximum atomic E-state index is 4.62. The van der Waals surface area contributed by atoms with Gasteiger partial charge in [0.25, 0.3) is 0 Å². The molecule has 0 aliphatic rings. The van der Waals surface area contributed by atoms with Crippen LogP contribution in [0.4, 0.5) is 0 Å². The Hall–Kier alpha value is -3.46. The molecule has 3 aromatic carbocycles. The highest BCUT2D eigenvalue weighted by molar-refractivity contribution is 6.26. The zero-order valence-electron chi connectivity index (χ0n) is 13.3. The minimum absolute atomic E-state index is 0.947. The van der Waals surface area contributed by atoms with E-state index >= 15 is 0 Å². The lowest BCUT2D eigenvalue weighted by Gasteiger charge is -2.11. The summed E-state index contributed by atoms with van der Waals surface area (Å²) in [7, 11) is 0. The number of pyridine rings is 2. The highest BCUT2D eigenvalue weighted by atomic mass is 15.0. The third-order valence-electron chi connectivity index (χ3n) is 5.09. The van der Waals surface area contributed by atoms with Crippen molar-refractivity contribution in [3.63, 3.8) is 0 Å². The number of imidazole rings is 1. The summed E-state index contributed by atoms with van der Waals surface area (Å²) in [6.07, 6.45) is 5.66. The van der Waals surface area contributed by atoms with Crippen molar-refractivity contribution in [2.45, 2.75) is 0 Å². The number of hydrogen-bond acceptors (Lipinski definition) is 2. The van der Waals surface area contributed by atoms with Crippen LogP contribution in [-0.4, -0.2) is 14.4 Å². The lowest BCUT2D eigenvalue weighted by molar-refractivity contribution is 1.20. The molecule has 116 valence electrons. The lowest BCUT2D eigenvalue weighted by atomic mass is 9.96. The Morgan fingerprint density at radius 2 is 1.28 bits per heavy atom. The summed E-state index contributed by atoms with van der Waals surface area (Å²) in [5, 5.41) is 8.61. The molecule has 3 heterocycles. The Morgan fingerprint density at radius 3 is 2.24 bits per heavy atom. The molecule has 3 heteroatoms. The smallest absolute Gasteiger partial charge is 0.146 e. The average Bonchev–Trinajstić information content (AvgIpc) is 3.17. The second-order valence-electron chi connectivity index (χ2n) is 6.37. The quantitative estimate of drug-likeness (QED) is 0.354. The van der Waals surface area contributed by atoms with Gasteiger partial charge < -0.3 is 0 Å². The average molecular weight is 319 g/mol. The van der Waals surface area contributed by atoms with Gasteiger partial charge in [-0.25, -0.2) is 9.97 Å². The molecule has 6 aromatic rings. The SMILES string of the molecule is c1ccc2c(c1)ccc1c2ccc2c1c1cccnc1n1ccnc21. The molecule has 0 amide bonds. The van der Waals surface area contributed by atoms with Gasteiger partial charge in [-0.1, -0.05) is 42.5 Å². The van der Waals surface area contributed by atoms with Gasteiger partial charge in [-0.05, 0) is 39.7 Å². The summed E-state index contributed by atoms with van der Waals surface area (Å²) in [4.78, 5) is 9.21. The Kier molecular flexibility index (Phi) is 2.35. The fourth-order valence-corrected chi connectivity index (χ4v) is 4.02. The zero-order chi connectivity index (χ0) is 16.4. The topological polar surface area (TPSA) is 30.2 Å². The third-order valence-corrected chi connectivity index (χ3v) is 5.09. The second-order valence-corrected chi connectivity index (χ2v) is 6.37. The molecule has 0 unspecified atom stereocenters. The van der Waals surface area contributed by atoms with Gasteiger partial charge in [-0.3, -0.25) is 4.40 Å². The van der Waals surface area contributed by atoms with Gasteiger partial charge in [-0.2, -0.15) is 0 Å². The van der Waals surface area contributed by atoms with Crippen LogP contribution in [0.3, 0.4) is 0 Å². The summed E-state index contributed by atoms with van der Waals surface area (Å²) >= 11 is 0. The van der Waals surface area contributed by atoms with Gasteiger partial charge in [0.15, 0.2) is 0 Å². The first-order valence-electron chi connectivity index (χ1n) is 8.36. The molecule has 0 spiro atoms. The van der Waals surface area contributed by atoms with Crippen LogP contribution in [-0.2, 0) is 0 Å². The number of nitrogens with zero attached hydrogens (tertiary/aromatic N) is 3. The van der Waals surface area contributed by atoms with Crippen LogP contribution in [0.2, 0.25) is 0 Å². The summed E-state index contributed by atoms with van der Waals surface area (Å²) < 4.78 is 2.07. The van der Waals surface area contributed by atoms with E-state index in [0.29, 0.717) is 0 Å². The summed E-state index contributed by atoms with van der Waals surface area (Å²) in [6.45, 7) is 0. The van der Waals surface area contributed by atoms with Gasteiger partial charge in [0.2, 0.25) is 0 Å². The van der Waals surface area contributed by atoms with Crippen molar-refractivity contribution in [2.75, 3.05) is 0 Å². The van der Waals surface area contributed by atoms with Crippen LogP contribution < -0.4 is 0 Å². The number of fused-ring (bicyclic) bond motifs is 10. The van der Waals surface area contributed by atoms with Crippen LogP contribution in [0.1, 0.15) is 0 Å². The van der Waals surface area contributed by atoms with E-state index in [2.05, 4.69) is 69.0 Å². The van der Waals surface area contributed by atoms with Gasteiger partial charge in [0.1, 0.15) is 11.3 Å². The molecule has 0 saturated heterocycles. The molecule has 0 aliphatic heterocycles. The molecule has 0 bridgehead atoms. The first-order valence-corrected chi connectivity index (χ1v) is 8.36. The summed E-state index contributed by atoms with van der Waals surface area (Å²) in [5.74, 6) is 0. The van der Waals surface area contributed by atoms with Crippen LogP contribution >= 0.6 is 0 Å². The Labute approximate surface area is 143 Å². The molecular weight excluding hydrogens is 306 g/mol. The second kappa shape index (κ2) is 4.54. The molecule has 0 saturated carbocycles. The minimum atomic E-state index is 0.947. The van der Waals surface area contributed by atoms with Crippen LogP contribution in [0.25, 0.3) is 49.0 Å². The van der Waals surface area contributed by atoms with Gasteiger partial charge in [0, 0.05) is 34.7 Å². The molecule has 6 rings (SSSR count). The van der Waals surface area contributed by atoms with E-state index in [4.69, 9.17) is 0 Å². The fraction of sp³-hybridized carbons (Fsp3) is 0. The molecule has 0 aliphatic carbocycles. The first kappa shape index (κ1) is 12.9. The molecule has 0 fully saturated rings. The van der Waals surface area contributed by atoms with Crippen molar-refractivity contribution in [2.24, 2.45) is 0 Å². The standard InChI is InChI=1S/C22H13N3/c1-2-5-15-14(4-1)7-8-17-16(15)9-10-19-20(17)18-6-3-11-23-21(18)25-13-12-24-22(19)25/h1-13H. The molecule has 0 radical (unpaired) electrons. The van der Waals surface area contributed by atoms with Crippen molar-refractivity contribution in [3.8, 4) is 0 Å². The molecular formula is C22H13N3. The molecule has 25 heavy (non-hydrogen) atoms. The molecule has 0 N–H and O–H groups in total. The lowest BCUT2D eigenvalue weighted by Crippen LogP contribution is -1.93. The zero-order valence-corrected chi connectivity index (χ0v) is 13.3. The van der Waals surface area contributed by atoms with Crippen molar-refractivity contribution in [3.05, 3.63) is 79.3 Å². The number of benzene rings is 3. The molecule has 0 atom stereocenters. The van der Waals surface area contributed by atoms with E-state index in [-0.39, 0.29) is 0 Å². The van der Waals surface area contributed by atoms with Crippen molar-refractivity contribution in [1.29, 1.82) is 0 Å². The Morgan fingerprint density at radius 1 is 0.560 bits per heavy atom. The van der Waals surface area contributed by atoms with Gasteiger partial charge >= 0.3 is 0 Å². The number of hydrogen-bond donors (Lipinski definition) is 0. The largest absolute Gasteiger partial charge is 0.283 e. The van der Waals surface area contributed by atoms with Crippen molar-refractivity contribution < 1.29 is 0 Å². The van der Waals surface area contributed by atoms with E-state index in [9.17, 15) is 0 Å². The fourth-order valence-electron chi connectivity index (χ4n) is 4.02. The van der Waals surface area contributed by atoms with Crippen LogP contribution in [0, 0.1) is 0 Å². The maximum Gasteiger partial charge on any atom is 0.146 e. The molecule has 3 aromatic heterocycles. The van der Waals surface area contributed by atoms with E-state index in [1.165, 1.54) is 26.9 Å². The highest BCUT2D eigenvalue weighted by Crippen LogP contribution is 2.36. The van der Waals surface area contributed by atoms with E-state index < -0.39 is 0 Å². The van der Waals surface area contributed by atoms with Crippen molar-refractivity contribution >= 4 is 49.0 Å². The maximum absolute atomic E-state index is 4.62. The summed E-state index contributed by atoms with van der Waals surface area (Å²) in [5.41, 5.74) is 1.90. The van der Waals surface area contributed by atoms with Gasteiger partial charge in [-0.15, -0.1) is 0 Å². The summed E-state index contributed by atoms with van der Waals surface area (Å²) in [6, 6.07) is 21.5. The van der Waals surface area contributed by atoms with Crippen LogP contribution in [0.15, 0.2) is 79.3 Å². The van der Waals surface area contributed by atoms with E-state index in [1.54, 1.807) is 0 Å². The van der Waals surface area contributed by atoms with E-state index in [1.807, 2.05) is 24.7 Å². The monoisotopic (exact) mass is 319 g/mol. The van der Waals surface area contributed by atoms with Gasteiger partial charge in [0.05, 0.1) is 0 Å². The minimum Gasteiger partial charge on any atom is -0.283 e. The van der Waals surface area contributed by atoms with Crippen molar-refractivity contribution in [1.82, 2.24) is 14.4 Å². The highest BCUT2D eigenvalue weighted by Gasteiger charge is 2.13. The third kappa shape index (κ3) is 1.59. The van der Waals surface area contributed by atoms with E-state index in [0.717, 1.165) is 22.1 Å².